The maximum atomic E-state index is 12.4. The molecule has 39 heavy (non-hydrogen) atoms. The fraction of sp³-hybridized carbons (Fsp3) is 0.345. The molecule has 0 saturated carbocycles. The van der Waals surface area contributed by atoms with Gasteiger partial charge in [-0.15, -0.1) is 0 Å². The van der Waals surface area contributed by atoms with E-state index in [1.165, 1.54) is 31.2 Å². The van der Waals surface area contributed by atoms with Gasteiger partial charge < -0.3 is 23.7 Å². The molecule has 0 aromatic heterocycles. The highest BCUT2D eigenvalue weighted by Crippen LogP contribution is 2.35. The van der Waals surface area contributed by atoms with E-state index in [1.807, 2.05) is 6.07 Å². The molecular weight excluding hydrogens is 508 g/mol. The molecule has 0 aliphatic carbocycles. The summed E-state index contributed by atoms with van der Waals surface area (Å²) in [5.41, 5.74) is -0.661. The number of carbonyl (C=O) groups excluding carboxylic acids is 5. The van der Waals surface area contributed by atoms with Crippen molar-refractivity contribution >= 4 is 29.8 Å². The van der Waals surface area contributed by atoms with Crippen LogP contribution in [0.15, 0.2) is 66.4 Å². The summed E-state index contributed by atoms with van der Waals surface area (Å²) < 4.78 is 25.4. The molecule has 1 aliphatic heterocycles. The molecule has 0 N–H and O–H groups in total. The van der Waals surface area contributed by atoms with Crippen molar-refractivity contribution in [3.63, 3.8) is 0 Å². The van der Waals surface area contributed by atoms with Gasteiger partial charge in [-0.3, -0.25) is 9.59 Å². The summed E-state index contributed by atoms with van der Waals surface area (Å²) >= 11 is 0. The maximum absolute atomic E-state index is 12.4. The van der Waals surface area contributed by atoms with Gasteiger partial charge in [0.25, 0.3) is 0 Å². The number of unbranched alkanes of at least 4 members (excludes halogenated alkanes) is 4. The Balaban J connectivity index is 1.25. The molecule has 3 rings (SSSR count). The Hall–Kier alpha value is -4.47. The van der Waals surface area contributed by atoms with Crippen LogP contribution in [0.1, 0.15) is 61.9 Å². The van der Waals surface area contributed by atoms with Gasteiger partial charge >= 0.3 is 24.1 Å². The van der Waals surface area contributed by atoms with Crippen LogP contribution in [0.2, 0.25) is 0 Å². The van der Waals surface area contributed by atoms with Crippen molar-refractivity contribution in [2.75, 3.05) is 13.2 Å². The molecule has 0 amide bonds. The number of esters is 3. The lowest BCUT2D eigenvalue weighted by molar-refractivity contribution is -0.146. The second-order valence-electron chi connectivity index (χ2n) is 8.86. The molecule has 1 aliphatic rings. The van der Waals surface area contributed by atoms with Gasteiger partial charge in [0.1, 0.15) is 11.3 Å². The Morgan fingerprint density at radius 2 is 1.41 bits per heavy atom. The maximum Gasteiger partial charge on any atom is 0.516 e. The van der Waals surface area contributed by atoms with Gasteiger partial charge in [0.2, 0.25) is 11.5 Å². The predicted molar refractivity (Wildman–Crippen MR) is 137 cm³/mol. The highest BCUT2D eigenvalue weighted by atomic mass is 16.7. The lowest BCUT2D eigenvalue weighted by Gasteiger charge is -2.23. The number of hydrogen-bond acceptors (Lipinski definition) is 10. The van der Waals surface area contributed by atoms with Crippen LogP contribution in [-0.4, -0.2) is 43.1 Å². The first-order chi connectivity index (χ1) is 18.7. The van der Waals surface area contributed by atoms with Gasteiger partial charge in [-0.1, -0.05) is 61.7 Å². The van der Waals surface area contributed by atoms with Crippen molar-refractivity contribution in [2.45, 2.75) is 51.6 Å². The third-order valence-corrected chi connectivity index (χ3v) is 5.85. The first-order valence-electron chi connectivity index (χ1n) is 12.5. The van der Waals surface area contributed by atoms with E-state index in [0.717, 1.165) is 19.3 Å². The Morgan fingerprint density at radius 3 is 2.10 bits per heavy atom. The number of carbonyl (C=O) groups is 5. The van der Waals surface area contributed by atoms with E-state index in [-0.39, 0.29) is 36.1 Å². The molecule has 0 bridgehead atoms. The van der Waals surface area contributed by atoms with E-state index in [0.29, 0.717) is 18.4 Å². The normalized spacial score (nSPS) is 16.1. The molecule has 1 heterocycles. The van der Waals surface area contributed by atoms with Gasteiger partial charge in [-0.05, 0) is 31.9 Å². The molecule has 2 aromatic carbocycles. The zero-order valence-corrected chi connectivity index (χ0v) is 21.8. The predicted octanol–water partition coefficient (Wildman–Crippen LogP) is 4.80. The number of ether oxygens (including phenoxy) is 5. The van der Waals surface area contributed by atoms with Gasteiger partial charge in [-0.25, -0.2) is 14.4 Å². The molecule has 1 atom stereocenters. The number of ketones is 1. The molecule has 10 heteroatoms. The lowest BCUT2D eigenvalue weighted by atomic mass is 9.92. The van der Waals surface area contributed by atoms with E-state index >= 15 is 0 Å². The molecule has 206 valence electrons. The van der Waals surface area contributed by atoms with E-state index in [1.54, 1.807) is 37.3 Å². The van der Waals surface area contributed by atoms with Crippen molar-refractivity contribution in [2.24, 2.45) is 0 Å². The Labute approximate surface area is 225 Å². The van der Waals surface area contributed by atoms with Crippen molar-refractivity contribution in [3.05, 3.63) is 77.6 Å². The second-order valence-corrected chi connectivity index (χ2v) is 8.86. The third kappa shape index (κ3) is 8.26. The van der Waals surface area contributed by atoms with Gasteiger partial charge in [0, 0.05) is 18.6 Å². The third-order valence-electron chi connectivity index (χ3n) is 5.85. The molecule has 0 fully saturated rings. The summed E-state index contributed by atoms with van der Waals surface area (Å²) in [5, 5.41) is 0. The number of hydrogen-bond donors (Lipinski definition) is 0. The molecule has 0 saturated heterocycles. The summed E-state index contributed by atoms with van der Waals surface area (Å²) in [5.74, 6) is -2.72. The minimum Gasteiger partial charge on any atom is -0.467 e. The zero-order chi connectivity index (χ0) is 28.3. The van der Waals surface area contributed by atoms with E-state index < -0.39 is 29.7 Å². The molecule has 2 aromatic rings. The summed E-state index contributed by atoms with van der Waals surface area (Å²) in [7, 11) is 0. The van der Waals surface area contributed by atoms with Crippen LogP contribution < -0.4 is 4.74 Å². The number of para-hydroxylation sites is 1. The van der Waals surface area contributed by atoms with E-state index in [2.05, 4.69) is 4.74 Å². The average Bonchev–Trinajstić information content (AvgIpc) is 3.23. The Kier molecular flexibility index (Phi) is 10.4. The summed E-state index contributed by atoms with van der Waals surface area (Å²) in [4.78, 5) is 59.8. The standard InChI is InChI=1S/C29H30O10/c1-20(30)37-23-16-10-9-15-22(23)26(32)38-28(34)36-18-12-5-3-4-11-17-35-27(33)24-19-25(31)29(2,39-24)21-13-7-6-8-14-21/h6-10,13-16,19H,3-5,11-12,17-18H2,1-2H3. The largest absolute Gasteiger partial charge is 0.516 e. The minimum absolute atomic E-state index is 0.0138. The summed E-state index contributed by atoms with van der Waals surface area (Å²) in [6.45, 7) is 3.05. The van der Waals surface area contributed by atoms with E-state index in [9.17, 15) is 24.0 Å². The SMILES string of the molecule is CC(=O)Oc1ccccc1C(=O)OC(=O)OCCCCCCCOC(=O)C1=CC(=O)C(C)(c2ccccc2)O1. The van der Waals surface area contributed by atoms with Crippen LogP contribution in [0.3, 0.4) is 0 Å². The van der Waals surface area contributed by atoms with Crippen LogP contribution in [0.5, 0.6) is 5.75 Å². The Morgan fingerprint density at radius 1 is 0.795 bits per heavy atom. The van der Waals surface area contributed by atoms with Crippen LogP contribution in [-0.2, 0) is 38.9 Å². The summed E-state index contributed by atoms with van der Waals surface area (Å²) in [6, 6.07) is 14.8. The topological polar surface area (TPSA) is 132 Å². The van der Waals surface area contributed by atoms with Gasteiger partial charge in [0.05, 0.1) is 13.2 Å². The molecule has 0 radical (unpaired) electrons. The van der Waals surface area contributed by atoms with Crippen LogP contribution in [0.4, 0.5) is 4.79 Å². The average molecular weight is 539 g/mol. The molecule has 0 spiro atoms. The number of rotatable bonds is 12. The lowest BCUT2D eigenvalue weighted by Crippen LogP contribution is -2.30. The van der Waals surface area contributed by atoms with Crippen LogP contribution >= 0.6 is 0 Å². The molecular formula is C29H30O10. The fourth-order valence-electron chi connectivity index (χ4n) is 3.78. The smallest absolute Gasteiger partial charge is 0.467 e. The Bertz CT molecular complexity index is 1230. The first-order valence-corrected chi connectivity index (χ1v) is 12.5. The van der Waals surface area contributed by atoms with Crippen LogP contribution in [0, 0.1) is 0 Å². The zero-order valence-electron chi connectivity index (χ0n) is 21.8. The van der Waals surface area contributed by atoms with Crippen LogP contribution in [0.25, 0.3) is 0 Å². The molecule has 10 nitrogen and oxygen atoms in total. The van der Waals surface area contributed by atoms with E-state index in [4.69, 9.17) is 18.9 Å². The highest BCUT2D eigenvalue weighted by Gasteiger charge is 2.44. The van der Waals surface area contributed by atoms with Crippen molar-refractivity contribution < 1.29 is 47.7 Å². The number of benzene rings is 2. The molecule has 1 unspecified atom stereocenters. The monoisotopic (exact) mass is 538 g/mol. The minimum atomic E-state index is -1.24. The quantitative estimate of drug-likeness (QED) is 0.161. The van der Waals surface area contributed by atoms with Crippen molar-refractivity contribution in [3.8, 4) is 5.75 Å². The van der Waals surface area contributed by atoms with Crippen molar-refractivity contribution in [1.29, 1.82) is 0 Å². The van der Waals surface area contributed by atoms with Gasteiger partial charge in [-0.2, -0.15) is 0 Å². The first kappa shape index (κ1) is 29.1. The van der Waals surface area contributed by atoms with Gasteiger partial charge in [0.15, 0.2) is 5.60 Å². The second kappa shape index (κ2) is 13.9. The summed E-state index contributed by atoms with van der Waals surface area (Å²) in [6.07, 6.45) is 3.50. The van der Waals surface area contributed by atoms with Crippen molar-refractivity contribution in [1.82, 2.24) is 0 Å². The highest BCUT2D eigenvalue weighted by molar-refractivity contribution is 6.06. The fourth-order valence-corrected chi connectivity index (χ4v) is 3.78.